The number of hydrogen-bond acceptors (Lipinski definition) is 2. The zero-order valence-electron chi connectivity index (χ0n) is 18.1. The van der Waals surface area contributed by atoms with E-state index in [1.165, 1.54) is 11.1 Å². The average molecular weight is 415 g/mol. The van der Waals surface area contributed by atoms with Crippen molar-refractivity contribution in [2.45, 2.75) is 18.9 Å². The second-order valence-electron chi connectivity index (χ2n) is 7.38. The molecule has 0 aromatic heterocycles. The van der Waals surface area contributed by atoms with Crippen molar-refractivity contribution in [3.8, 4) is 0 Å². The van der Waals surface area contributed by atoms with E-state index in [9.17, 15) is 4.79 Å². The maximum Gasteiger partial charge on any atom is 0.251 e. The number of amides is 1. The SMILES string of the molecule is CN=C(NCc1cccc(C(=O)NC)c1)NCC(Cc1ccccc1)c1ccccc1. The Kier molecular flexibility index (Phi) is 8.23. The Morgan fingerprint density at radius 2 is 1.55 bits per heavy atom. The van der Waals surface area contributed by atoms with Gasteiger partial charge in [0.05, 0.1) is 0 Å². The van der Waals surface area contributed by atoms with Gasteiger partial charge in [-0.05, 0) is 35.2 Å². The number of benzene rings is 3. The van der Waals surface area contributed by atoms with Gasteiger partial charge in [-0.1, -0.05) is 72.8 Å². The molecule has 0 saturated carbocycles. The fourth-order valence-electron chi connectivity index (χ4n) is 3.52. The van der Waals surface area contributed by atoms with E-state index in [1.54, 1.807) is 14.1 Å². The lowest BCUT2D eigenvalue weighted by molar-refractivity contribution is 0.0963. The fraction of sp³-hybridized carbons (Fsp3) is 0.231. The molecule has 3 aromatic rings. The third-order valence-electron chi connectivity index (χ3n) is 5.21. The van der Waals surface area contributed by atoms with E-state index in [0.717, 1.165) is 24.5 Å². The van der Waals surface area contributed by atoms with E-state index in [2.05, 4.69) is 69.5 Å². The zero-order chi connectivity index (χ0) is 21.9. The molecule has 0 saturated heterocycles. The highest BCUT2D eigenvalue weighted by Crippen LogP contribution is 2.20. The van der Waals surface area contributed by atoms with Crippen molar-refractivity contribution in [3.05, 3.63) is 107 Å². The molecular weight excluding hydrogens is 384 g/mol. The molecule has 0 aliphatic rings. The van der Waals surface area contributed by atoms with Crippen LogP contribution in [0, 0.1) is 0 Å². The first-order valence-electron chi connectivity index (χ1n) is 10.5. The molecule has 0 fully saturated rings. The lowest BCUT2D eigenvalue weighted by atomic mass is 9.92. The van der Waals surface area contributed by atoms with Gasteiger partial charge < -0.3 is 16.0 Å². The Balaban J connectivity index is 1.62. The summed E-state index contributed by atoms with van der Waals surface area (Å²) >= 11 is 0. The zero-order valence-corrected chi connectivity index (χ0v) is 18.1. The molecule has 5 heteroatoms. The van der Waals surface area contributed by atoms with Crippen LogP contribution in [0.2, 0.25) is 0 Å². The van der Waals surface area contributed by atoms with E-state index in [4.69, 9.17) is 0 Å². The van der Waals surface area contributed by atoms with Gasteiger partial charge in [0.2, 0.25) is 0 Å². The lowest BCUT2D eigenvalue weighted by Crippen LogP contribution is -2.39. The highest BCUT2D eigenvalue weighted by molar-refractivity contribution is 5.94. The van der Waals surface area contributed by atoms with Crippen LogP contribution in [0.3, 0.4) is 0 Å². The van der Waals surface area contributed by atoms with E-state index in [1.807, 2.05) is 36.4 Å². The highest BCUT2D eigenvalue weighted by Gasteiger charge is 2.13. The van der Waals surface area contributed by atoms with E-state index < -0.39 is 0 Å². The highest BCUT2D eigenvalue weighted by atomic mass is 16.1. The van der Waals surface area contributed by atoms with Crippen LogP contribution in [0.15, 0.2) is 89.9 Å². The molecule has 0 bridgehead atoms. The number of aliphatic imine (C=N–C) groups is 1. The third-order valence-corrected chi connectivity index (χ3v) is 5.21. The van der Waals surface area contributed by atoms with Crippen molar-refractivity contribution in [2.24, 2.45) is 4.99 Å². The predicted octanol–water partition coefficient (Wildman–Crippen LogP) is 3.74. The van der Waals surface area contributed by atoms with Crippen LogP contribution < -0.4 is 16.0 Å². The van der Waals surface area contributed by atoms with Crippen molar-refractivity contribution in [1.82, 2.24) is 16.0 Å². The van der Waals surface area contributed by atoms with Gasteiger partial charge in [-0.25, -0.2) is 0 Å². The largest absolute Gasteiger partial charge is 0.356 e. The van der Waals surface area contributed by atoms with E-state index >= 15 is 0 Å². The maximum absolute atomic E-state index is 11.9. The second-order valence-corrected chi connectivity index (χ2v) is 7.38. The van der Waals surface area contributed by atoms with Crippen LogP contribution in [0.5, 0.6) is 0 Å². The van der Waals surface area contributed by atoms with E-state index in [-0.39, 0.29) is 5.91 Å². The summed E-state index contributed by atoms with van der Waals surface area (Å²) < 4.78 is 0. The number of carbonyl (C=O) groups is 1. The van der Waals surface area contributed by atoms with Crippen LogP contribution in [-0.4, -0.2) is 32.5 Å². The molecule has 0 aliphatic carbocycles. The van der Waals surface area contributed by atoms with Gasteiger partial charge in [0, 0.05) is 38.7 Å². The van der Waals surface area contributed by atoms with Gasteiger partial charge in [-0.2, -0.15) is 0 Å². The first-order chi connectivity index (χ1) is 15.2. The first kappa shape index (κ1) is 22.1. The summed E-state index contributed by atoms with van der Waals surface area (Å²) in [5, 5.41) is 9.47. The predicted molar refractivity (Wildman–Crippen MR) is 127 cm³/mol. The van der Waals surface area contributed by atoms with Gasteiger partial charge in [0.15, 0.2) is 5.96 Å². The molecule has 1 unspecified atom stereocenters. The van der Waals surface area contributed by atoms with Crippen LogP contribution in [-0.2, 0) is 13.0 Å². The molecule has 5 nitrogen and oxygen atoms in total. The smallest absolute Gasteiger partial charge is 0.251 e. The summed E-state index contributed by atoms with van der Waals surface area (Å²) in [4.78, 5) is 16.2. The molecule has 0 spiro atoms. The van der Waals surface area contributed by atoms with Crippen molar-refractivity contribution in [1.29, 1.82) is 0 Å². The Labute approximate surface area is 184 Å². The third kappa shape index (κ3) is 6.71. The van der Waals surface area contributed by atoms with Gasteiger partial charge in [-0.3, -0.25) is 9.79 Å². The number of nitrogens with zero attached hydrogens (tertiary/aromatic N) is 1. The van der Waals surface area contributed by atoms with Crippen LogP contribution in [0.4, 0.5) is 0 Å². The normalized spacial score (nSPS) is 12.1. The van der Waals surface area contributed by atoms with Crippen molar-refractivity contribution in [2.75, 3.05) is 20.6 Å². The monoisotopic (exact) mass is 414 g/mol. The second kappa shape index (κ2) is 11.6. The van der Waals surface area contributed by atoms with Gasteiger partial charge in [0.1, 0.15) is 0 Å². The molecule has 0 aliphatic heterocycles. The molecule has 3 N–H and O–H groups in total. The summed E-state index contributed by atoms with van der Waals surface area (Å²) in [6, 6.07) is 28.7. The summed E-state index contributed by atoms with van der Waals surface area (Å²) in [6.45, 7) is 1.34. The van der Waals surface area contributed by atoms with Crippen LogP contribution in [0.1, 0.15) is 33.0 Å². The molecule has 0 heterocycles. The average Bonchev–Trinajstić information content (AvgIpc) is 2.84. The van der Waals surface area contributed by atoms with Gasteiger partial charge in [-0.15, -0.1) is 0 Å². The standard InChI is InChI=1S/C26H30N4O/c1-27-25(31)23-15-9-12-21(17-23)18-29-26(28-2)30-19-24(22-13-7-4-8-14-22)16-20-10-5-3-6-11-20/h3-15,17,24H,16,18-19H2,1-2H3,(H,27,31)(H2,28,29,30). The molecule has 1 amide bonds. The number of guanidine groups is 1. The molecular formula is C26H30N4O. The first-order valence-corrected chi connectivity index (χ1v) is 10.5. The topological polar surface area (TPSA) is 65.5 Å². The maximum atomic E-state index is 11.9. The molecule has 160 valence electrons. The quantitative estimate of drug-likeness (QED) is 0.389. The summed E-state index contributed by atoms with van der Waals surface area (Å²) in [7, 11) is 3.41. The fourth-order valence-corrected chi connectivity index (χ4v) is 3.52. The van der Waals surface area contributed by atoms with Crippen LogP contribution in [0.25, 0.3) is 0 Å². The molecule has 3 rings (SSSR count). The Morgan fingerprint density at radius 3 is 2.23 bits per heavy atom. The minimum absolute atomic E-state index is 0.0871. The Morgan fingerprint density at radius 1 is 0.871 bits per heavy atom. The number of rotatable bonds is 8. The minimum atomic E-state index is -0.0871. The lowest BCUT2D eigenvalue weighted by Gasteiger charge is -2.20. The molecule has 1 atom stereocenters. The van der Waals surface area contributed by atoms with Crippen molar-refractivity contribution in [3.63, 3.8) is 0 Å². The Hall–Kier alpha value is -3.60. The van der Waals surface area contributed by atoms with Crippen molar-refractivity contribution >= 4 is 11.9 Å². The summed E-state index contributed by atoms with van der Waals surface area (Å²) in [6.07, 6.45) is 0.947. The number of carbonyl (C=O) groups excluding carboxylic acids is 1. The van der Waals surface area contributed by atoms with Gasteiger partial charge >= 0.3 is 0 Å². The number of hydrogen-bond donors (Lipinski definition) is 3. The Bertz CT molecular complexity index is 987. The molecule has 0 radical (unpaired) electrons. The van der Waals surface area contributed by atoms with Gasteiger partial charge in [0.25, 0.3) is 5.91 Å². The molecule has 31 heavy (non-hydrogen) atoms. The number of nitrogens with one attached hydrogen (secondary N) is 3. The van der Waals surface area contributed by atoms with Crippen molar-refractivity contribution < 1.29 is 4.79 Å². The molecule has 3 aromatic carbocycles. The minimum Gasteiger partial charge on any atom is -0.356 e. The van der Waals surface area contributed by atoms with Crippen LogP contribution >= 0.6 is 0 Å². The summed E-state index contributed by atoms with van der Waals surface area (Å²) in [5.74, 6) is 0.967. The summed E-state index contributed by atoms with van der Waals surface area (Å²) in [5.41, 5.74) is 4.28. The van der Waals surface area contributed by atoms with E-state index in [0.29, 0.717) is 18.0 Å².